The standard InChI is InChI=1S/C13H15ClFN3O/c1-3-18-13(10(19-2)7-17-18)12(16)8-5-4-6-9(15)11(8)14/h4-7,12H,3,16H2,1-2H3. The number of halogens is 2. The fourth-order valence-electron chi connectivity index (χ4n) is 2.01. The van der Waals surface area contributed by atoms with Crippen molar-refractivity contribution in [2.24, 2.45) is 5.73 Å². The second kappa shape index (κ2) is 5.59. The van der Waals surface area contributed by atoms with Gasteiger partial charge in [0.05, 0.1) is 24.4 Å². The first kappa shape index (κ1) is 13.8. The molecular formula is C13H15ClFN3O. The Morgan fingerprint density at radius 3 is 2.89 bits per heavy atom. The zero-order valence-electron chi connectivity index (χ0n) is 10.7. The average Bonchev–Trinajstić information content (AvgIpc) is 2.84. The fraction of sp³-hybridized carbons (Fsp3) is 0.308. The zero-order valence-corrected chi connectivity index (χ0v) is 11.5. The molecule has 0 saturated heterocycles. The number of nitrogens with zero attached hydrogens (tertiary/aromatic N) is 2. The maximum atomic E-state index is 13.5. The van der Waals surface area contributed by atoms with Gasteiger partial charge < -0.3 is 10.5 Å². The van der Waals surface area contributed by atoms with E-state index in [9.17, 15) is 4.39 Å². The topological polar surface area (TPSA) is 53.1 Å². The van der Waals surface area contributed by atoms with Crippen LogP contribution in [0.2, 0.25) is 5.02 Å². The summed E-state index contributed by atoms with van der Waals surface area (Å²) in [6.07, 6.45) is 1.59. The van der Waals surface area contributed by atoms with Crippen LogP contribution in [0.5, 0.6) is 5.75 Å². The third kappa shape index (κ3) is 2.43. The lowest BCUT2D eigenvalue weighted by Crippen LogP contribution is -2.18. The first-order valence-corrected chi connectivity index (χ1v) is 6.27. The van der Waals surface area contributed by atoms with Gasteiger partial charge in [-0.15, -0.1) is 0 Å². The summed E-state index contributed by atoms with van der Waals surface area (Å²) in [5, 5.41) is 4.21. The van der Waals surface area contributed by atoms with Gasteiger partial charge in [-0.05, 0) is 18.6 Å². The summed E-state index contributed by atoms with van der Waals surface area (Å²) >= 11 is 5.97. The van der Waals surface area contributed by atoms with E-state index in [0.29, 0.717) is 23.6 Å². The first-order chi connectivity index (χ1) is 9.10. The lowest BCUT2D eigenvalue weighted by Gasteiger charge is -2.17. The van der Waals surface area contributed by atoms with Crippen LogP contribution >= 0.6 is 11.6 Å². The molecule has 1 aromatic heterocycles. The lowest BCUT2D eigenvalue weighted by molar-refractivity contribution is 0.404. The van der Waals surface area contributed by atoms with Gasteiger partial charge in [-0.2, -0.15) is 5.10 Å². The summed E-state index contributed by atoms with van der Waals surface area (Å²) < 4.78 is 20.5. The van der Waals surface area contributed by atoms with Crippen LogP contribution in [0, 0.1) is 5.82 Å². The Kier molecular flexibility index (Phi) is 4.07. The number of aromatic nitrogens is 2. The highest BCUT2D eigenvalue weighted by Gasteiger charge is 2.22. The van der Waals surface area contributed by atoms with Crippen LogP contribution in [0.4, 0.5) is 4.39 Å². The molecule has 1 unspecified atom stereocenters. The van der Waals surface area contributed by atoms with Gasteiger partial charge in [-0.3, -0.25) is 4.68 Å². The van der Waals surface area contributed by atoms with Crippen molar-refractivity contribution < 1.29 is 9.13 Å². The van der Waals surface area contributed by atoms with Crippen LogP contribution in [0.1, 0.15) is 24.2 Å². The van der Waals surface area contributed by atoms with Crippen molar-refractivity contribution in [2.75, 3.05) is 7.11 Å². The van der Waals surface area contributed by atoms with Gasteiger partial charge in [-0.1, -0.05) is 23.7 Å². The molecule has 102 valence electrons. The highest BCUT2D eigenvalue weighted by molar-refractivity contribution is 6.31. The summed E-state index contributed by atoms with van der Waals surface area (Å²) in [6, 6.07) is 3.98. The first-order valence-electron chi connectivity index (χ1n) is 5.89. The van der Waals surface area contributed by atoms with Crippen LogP contribution in [-0.2, 0) is 6.54 Å². The highest BCUT2D eigenvalue weighted by Crippen LogP contribution is 2.32. The van der Waals surface area contributed by atoms with E-state index in [0.717, 1.165) is 0 Å². The van der Waals surface area contributed by atoms with Gasteiger partial charge in [0.15, 0.2) is 5.75 Å². The van der Waals surface area contributed by atoms with E-state index < -0.39 is 11.9 Å². The quantitative estimate of drug-likeness (QED) is 0.939. The van der Waals surface area contributed by atoms with Crippen molar-refractivity contribution in [3.05, 3.63) is 46.5 Å². The number of ether oxygens (including phenoxy) is 1. The molecule has 0 aliphatic carbocycles. The molecule has 6 heteroatoms. The van der Waals surface area contributed by atoms with Crippen molar-refractivity contribution in [3.63, 3.8) is 0 Å². The summed E-state index contributed by atoms with van der Waals surface area (Å²) in [5.41, 5.74) is 7.38. The van der Waals surface area contributed by atoms with E-state index in [1.165, 1.54) is 6.07 Å². The number of hydrogen-bond donors (Lipinski definition) is 1. The van der Waals surface area contributed by atoms with E-state index in [4.69, 9.17) is 22.1 Å². The molecule has 0 aliphatic heterocycles. The molecular weight excluding hydrogens is 269 g/mol. The van der Waals surface area contributed by atoms with Crippen LogP contribution < -0.4 is 10.5 Å². The normalized spacial score (nSPS) is 12.5. The zero-order chi connectivity index (χ0) is 14.0. The minimum atomic E-state index is -0.597. The van der Waals surface area contributed by atoms with E-state index >= 15 is 0 Å². The Hall–Kier alpha value is -1.59. The molecule has 2 aromatic rings. The van der Waals surface area contributed by atoms with Crippen LogP contribution in [0.25, 0.3) is 0 Å². The largest absolute Gasteiger partial charge is 0.493 e. The summed E-state index contributed by atoms with van der Waals surface area (Å²) in [5.74, 6) is 0.0748. The van der Waals surface area contributed by atoms with Crippen LogP contribution in [0.3, 0.4) is 0 Å². The lowest BCUT2D eigenvalue weighted by atomic mass is 10.0. The molecule has 0 fully saturated rings. The van der Waals surface area contributed by atoms with Crippen molar-refractivity contribution in [1.29, 1.82) is 0 Å². The van der Waals surface area contributed by atoms with E-state index in [1.807, 2.05) is 6.92 Å². The molecule has 1 heterocycles. The predicted octanol–water partition coefficient (Wildman–Crippen LogP) is 2.75. The molecule has 1 aromatic carbocycles. The van der Waals surface area contributed by atoms with Gasteiger partial charge in [0.25, 0.3) is 0 Å². The molecule has 0 spiro atoms. The summed E-state index contributed by atoms with van der Waals surface area (Å²) in [6.45, 7) is 2.58. The van der Waals surface area contributed by atoms with Gasteiger partial charge in [0.1, 0.15) is 11.5 Å². The predicted molar refractivity (Wildman–Crippen MR) is 71.9 cm³/mol. The number of aryl methyl sites for hydroxylation is 1. The molecule has 0 aliphatic rings. The molecule has 2 N–H and O–H groups in total. The monoisotopic (exact) mass is 283 g/mol. The Labute approximate surface area is 115 Å². The molecule has 0 bridgehead atoms. The second-order valence-corrected chi connectivity index (χ2v) is 4.41. The second-order valence-electron chi connectivity index (χ2n) is 4.03. The molecule has 0 amide bonds. The fourth-order valence-corrected chi connectivity index (χ4v) is 2.25. The van der Waals surface area contributed by atoms with Crippen molar-refractivity contribution in [3.8, 4) is 5.75 Å². The molecule has 2 rings (SSSR count). The third-order valence-corrected chi connectivity index (χ3v) is 3.37. The van der Waals surface area contributed by atoms with Crippen LogP contribution in [-0.4, -0.2) is 16.9 Å². The van der Waals surface area contributed by atoms with E-state index in [2.05, 4.69) is 5.10 Å². The Morgan fingerprint density at radius 2 is 2.26 bits per heavy atom. The van der Waals surface area contributed by atoms with Crippen molar-refractivity contribution in [2.45, 2.75) is 19.5 Å². The van der Waals surface area contributed by atoms with Gasteiger partial charge in [0, 0.05) is 6.54 Å². The third-order valence-electron chi connectivity index (χ3n) is 2.98. The SMILES string of the molecule is CCn1ncc(OC)c1C(N)c1cccc(F)c1Cl. The van der Waals surface area contributed by atoms with E-state index in [-0.39, 0.29) is 5.02 Å². The molecule has 0 saturated carbocycles. The van der Waals surface area contributed by atoms with Crippen molar-refractivity contribution >= 4 is 11.6 Å². The number of nitrogens with two attached hydrogens (primary N) is 1. The summed E-state index contributed by atoms with van der Waals surface area (Å²) in [7, 11) is 1.54. The summed E-state index contributed by atoms with van der Waals surface area (Å²) in [4.78, 5) is 0. The Morgan fingerprint density at radius 1 is 1.53 bits per heavy atom. The number of rotatable bonds is 4. The molecule has 19 heavy (non-hydrogen) atoms. The Bertz CT molecular complexity index is 564. The highest BCUT2D eigenvalue weighted by atomic mass is 35.5. The maximum absolute atomic E-state index is 13.5. The number of hydrogen-bond acceptors (Lipinski definition) is 3. The maximum Gasteiger partial charge on any atom is 0.161 e. The number of benzene rings is 1. The minimum Gasteiger partial charge on any atom is -0.493 e. The van der Waals surface area contributed by atoms with Gasteiger partial charge in [0.2, 0.25) is 0 Å². The van der Waals surface area contributed by atoms with E-state index in [1.54, 1.807) is 30.1 Å². The molecule has 4 nitrogen and oxygen atoms in total. The van der Waals surface area contributed by atoms with Gasteiger partial charge in [-0.25, -0.2) is 4.39 Å². The van der Waals surface area contributed by atoms with Gasteiger partial charge >= 0.3 is 0 Å². The molecule has 1 atom stereocenters. The Balaban J connectivity index is 2.52. The molecule has 0 radical (unpaired) electrons. The average molecular weight is 284 g/mol. The minimum absolute atomic E-state index is 0.0286. The van der Waals surface area contributed by atoms with Crippen LogP contribution in [0.15, 0.2) is 24.4 Å². The van der Waals surface area contributed by atoms with Crippen molar-refractivity contribution in [1.82, 2.24) is 9.78 Å². The number of methoxy groups -OCH3 is 1. The smallest absolute Gasteiger partial charge is 0.161 e.